The van der Waals surface area contributed by atoms with Crippen molar-refractivity contribution in [3.8, 4) is 0 Å². The van der Waals surface area contributed by atoms with E-state index in [1.54, 1.807) is 6.92 Å². The van der Waals surface area contributed by atoms with Gasteiger partial charge >= 0.3 is 6.18 Å². The highest BCUT2D eigenvalue weighted by Gasteiger charge is 2.27. The van der Waals surface area contributed by atoms with Crippen molar-refractivity contribution in [3.05, 3.63) is 11.1 Å². The minimum atomic E-state index is -4.18. The third-order valence-corrected chi connectivity index (χ3v) is 2.00. The Morgan fingerprint density at radius 3 is 2.50 bits per heavy atom. The zero-order chi connectivity index (χ0) is 10.8. The van der Waals surface area contributed by atoms with E-state index in [4.69, 9.17) is 11.6 Å². The van der Waals surface area contributed by atoms with Gasteiger partial charge in [0.15, 0.2) is 0 Å². The number of aromatic nitrogens is 3. The maximum Gasteiger partial charge on any atom is 0.390 e. The number of aryl methyl sites for hydroxylation is 1. The summed E-state index contributed by atoms with van der Waals surface area (Å²) < 4.78 is 37.0. The van der Waals surface area contributed by atoms with E-state index in [0.717, 1.165) is 0 Å². The lowest BCUT2D eigenvalue weighted by Crippen LogP contribution is -2.13. The Labute approximate surface area is 83.9 Å². The Morgan fingerprint density at radius 2 is 2.00 bits per heavy atom. The largest absolute Gasteiger partial charge is 0.390 e. The average Bonchev–Trinajstić information content (AvgIpc) is 2.41. The van der Waals surface area contributed by atoms with E-state index in [0.29, 0.717) is 12.2 Å². The Bertz CT molecular complexity index is 308. The monoisotopic (exact) mass is 227 g/mol. The minimum absolute atomic E-state index is 0.00565. The average molecular weight is 228 g/mol. The zero-order valence-electron chi connectivity index (χ0n) is 7.47. The lowest BCUT2D eigenvalue weighted by molar-refractivity contribution is -0.136. The standard InChI is InChI=1S/C7H9ClF3N3/c1-2-5-12-13-6(8)14(5)4-3-7(9,10)11/h2-4H2,1H3. The fourth-order valence-electron chi connectivity index (χ4n) is 1.03. The molecule has 80 valence electrons. The first kappa shape index (κ1) is 11.3. The van der Waals surface area contributed by atoms with E-state index in [-0.39, 0.29) is 11.8 Å². The van der Waals surface area contributed by atoms with Crippen LogP contribution in [0.1, 0.15) is 19.2 Å². The van der Waals surface area contributed by atoms with E-state index in [1.165, 1.54) is 4.57 Å². The summed E-state index contributed by atoms with van der Waals surface area (Å²) in [6, 6.07) is 0. The van der Waals surface area contributed by atoms with Crippen LogP contribution in [0.5, 0.6) is 0 Å². The second-order valence-electron chi connectivity index (χ2n) is 2.76. The highest BCUT2D eigenvalue weighted by atomic mass is 35.5. The fourth-order valence-corrected chi connectivity index (χ4v) is 1.25. The van der Waals surface area contributed by atoms with Gasteiger partial charge in [-0.05, 0) is 11.6 Å². The molecule has 0 aliphatic rings. The van der Waals surface area contributed by atoms with Crippen molar-refractivity contribution in [2.45, 2.75) is 32.5 Å². The summed E-state index contributed by atoms with van der Waals surface area (Å²) in [6.07, 6.45) is -4.59. The number of rotatable bonds is 3. The molecule has 0 atom stereocenters. The third kappa shape index (κ3) is 2.87. The van der Waals surface area contributed by atoms with Gasteiger partial charge in [0.25, 0.3) is 0 Å². The van der Waals surface area contributed by atoms with Gasteiger partial charge in [0.2, 0.25) is 5.28 Å². The molecule has 14 heavy (non-hydrogen) atoms. The molecule has 1 aromatic heterocycles. The van der Waals surface area contributed by atoms with Gasteiger partial charge in [0.1, 0.15) is 5.82 Å². The van der Waals surface area contributed by atoms with Gasteiger partial charge in [0, 0.05) is 13.0 Å². The number of halogens is 4. The molecule has 1 heterocycles. The predicted molar refractivity (Wildman–Crippen MR) is 45.1 cm³/mol. The molecular weight excluding hydrogens is 219 g/mol. The molecule has 0 spiro atoms. The van der Waals surface area contributed by atoms with Gasteiger partial charge in [-0.25, -0.2) is 0 Å². The SMILES string of the molecule is CCc1nnc(Cl)n1CCC(F)(F)F. The molecule has 3 nitrogen and oxygen atoms in total. The molecule has 0 radical (unpaired) electrons. The van der Waals surface area contributed by atoms with Crippen LogP contribution in [0.25, 0.3) is 0 Å². The Kier molecular flexibility index (Phi) is 3.36. The van der Waals surface area contributed by atoms with Crippen LogP contribution in [0, 0.1) is 0 Å². The highest BCUT2D eigenvalue weighted by Crippen LogP contribution is 2.21. The normalized spacial score (nSPS) is 12.1. The molecule has 0 bridgehead atoms. The summed E-state index contributed by atoms with van der Waals surface area (Å²) in [5, 5.41) is 7.15. The van der Waals surface area contributed by atoms with Crippen molar-refractivity contribution in [2.75, 3.05) is 0 Å². The topological polar surface area (TPSA) is 30.7 Å². The molecule has 0 aromatic carbocycles. The van der Waals surface area contributed by atoms with Crippen molar-refractivity contribution < 1.29 is 13.2 Å². The van der Waals surface area contributed by atoms with E-state index in [9.17, 15) is 13.2 Å². The first-order valence-electron chi connectivity index (χ1n) is 4.08. The van der Waals surface area contributed by atoms with E-state index < -0.39 is 12.6 Å². The van der Waals surface area contributed by atoms with Gasteiger partial charge < -0.3 is 4.57 Å². The lowest BCUT2D eigenvalue weighted by atomic mass is 10.4. The van der Waals surface area contributed by atoms with Crippen LogP contribution in [-0.4, -0.2) is 20.9 Å². The van der Waals surface area contributed by atoms with Crippen molar-refractivity contribution in [2.24, 2.45) is 0 Å². The summed E-state index contributed by atoms with van der Waals surface area (Å²) >= 11 is 5.57. The first-order valence-corrected chi connectivity index (χ1v) is 4.46. The Hall–Kier alpha value is -0.780. The van der Waals surface area contributed by atoms with Crippen molar-refractivity contribution in [3.63, 3.8) is 0 Å². The predicted octanol–water partition coefficient (Wildman–Crippen LogP) is 2.45. The van der Waals surface area contributed by atoms with Gasteiger partial charge in [-0.1, -0.05) is 6.92 Å². The first-order chi connectivity index (χ1) is 6.44. The summed E-state index contributed by atoms with van der Waals surface area (Å²) in [4.78, 5) is 0. The van der Waals surface area contributed by atoms with E-state index in [2.05, 4.69) is 10.2 Å². The molecule has 0 N–H and O–H groups in total. The van der Waals surface area contributed by atoms with Crippen molar-refractivity contribution in [1.82, 2.24) is 14.8 Å². The van der Waals surface area contributed by atoms with Gasteiger partial charge in [-0.3, -0.25) is 0 Å². The second-order valence-corrected chi connectivity index (χ2v) is 3.09. The summed E-state index contributed by atoms with van der Waals surface area (Å²) in [5.74, 6) is 0.472. The van der Waals surface area contributed by atoms with Crippen LogP contribution in [0.4, 0.5) is 13.2 Å². The fraction of sp³-hybridized carbons (Fsp3) is 0.714. The number of alkyl halides is 3. The molecule has 0 saturated heterocycles. The molecule has 0 amide bonds. The number of hydrogen-bond acceptors (Lipinski definition) is 2. The third-order valence-electron chi connectivity index (χ3n) is 1.72. The van der Waals surface area contributed by atoms with Crippen LogP contribution in [0.2, 0.25) is 5.28 Å². The van der Waals surface area contributed by atoms with Gasteiger partial charge in [-0.2, -0.15) is 13.2 Å². The van der Waals surface area contributed by atoms with Gasteiger partial charge in [0.05, 0.1) is 6.42 Å². The van der Waals surface area contributed by atoms with Gasteiger partial charge in [-0.15, -0.1) is 10.2 Å². The van der Waals surface area contributed by atoms with Crippen molar-refractivity contribution >= 4 is 11.6 Å². The van der Waals surface area contributed by atoms with Crippen LogP contribution in [0.15, 0.2) is 0 Å². The molecule has 0 saturated carbocycles. The maximum atomic E-state index is 11.9. The molecule has 1 rings (SSSR count). The second kappa shape index (κ2) is 4.16. The maximum absolute atomic E-state index is 11.9. The molecule has 7 heteroatoms. The zero-order valence-corrected chi connectivity index (χ0v) is 8.23. The van der Waals surface area contributed by atoms with Crippen molar-refractivity contribution in [1.29, 1.82) is 0 Å². The number of nitrogens with zero attached hydrogens (tertiary/aromatic N) is 3. The van der Waals surface area contributed by atoms with Crippen LogP contribution < -0.4 is 0 Å². The van der Waals surface area contributed by atoms with E-state index in [1.807, 2.05) is 0 Å². The quantitative estimate of drug-likeness (QED) is 0.794. The van der Waals surface area contributed by atoms with Crippen LogP contribution in [-0.2, 0) is 13.0 Å². The molecule has 0 fully saturated rings. The summed E-state index contributed by atoms with van der Waals surface area (Å²) in [7, 11) is 0. The van der Waals surface area contributed by atoms with Crippen LogP contribution >= 0.6 is 11.6 Å². The molecular formula is C7H9ClF3N3. The lowest BCUT2D eigenvalue weighted by Gasteiger charge is -2.08. The van der Waals surface area contributed by atoms with Crippen LogP contribution in [0.3, 0.4) is 0 Å². The molecule has 1 aromatic rings. The molecule has 0 aliphatic carbocycles. The minimum Gasteiger partial charge on any atom is -0.301 e. The summed E-state index contributed by atoms with van der Waals surface area (Å²) in [5.41, 5.74) is 0. The Balaban J connectivity index is 2.70. The van der Waals surface area contributed by atoms with E-state index >= 15 is 0 Å². The number of hydrogen-bond donors (Lipinski definition) is 0. The summed E-state index contributed by atoms with van der Waals surface area (Å²) in [6.45, 7) is 1.56. The highest BCUT2D eigenvalue weighted by molar-refractivity contribution is 6.28. The Morgan fingerprint density at radius 1 is 1.36 bits per heavy atom. The smallest absolute Gasteiger partial charge is 0.301 e. The molecule has 0 aliphatic heterocycles. The molecule has 0 unspecified atom stereocenters.